The zero-order valence-corrected chi connectivity index (χ0v) is 14.7. The fourth-order valence-electron chi connectivity index (χ4n) is 3.21. The number of carbonyl (C=O) groups excluding carboxylic acids is 1. The fraction of sp³-hybridized carbons (Fsp3) is 0.263. The molecule has 136 valence electrons. The zero-order chi connectivity index (χ0) is 18.5. The standard InChI is InChI=1S/C19H19N7O/c27-18(14-3-1-6-20-11-14)26-10-2-4-15(13-26)16-5-7-23-19(24-16)25-17-12-21-8-9-22-17/h1,3,5-9,11-12,15H,2,4,10,13H2,(H,22,23,24,25). The van der Waals surface area contributed by atoms with Gasteiger partial charge in [0, 0.05) is 50.0 Å². The third kappa shape index (κ3) is 4.05. The van der Waals surface area contributed by atoms with Crippen LogP contribution in [0.3, 0.4) is 0 Å². The van der Waals surface area contributed by atoms with Crippen LogP contribution in [0, 0.1) is 0 Å². The Hall–Kier alpha value is -3.42. The molecule has 1 unspecified atom stereocenters. The molecule has 4 rings (SSSR count). The third-order valence-corrected chi connectivity index (χ3v) is 4.52. The van der Waals surface area contributed by atoms with Gasteiger partial charge >= 0.3 is 0 Å². The molecule has 4 heterocycles. The van der Waals surface area contributed by atoms with Gasteiger partial charge in [0.1, 0.15) is 0 Å². The van der Waals surface area contributed by atoms with Crippen LogP contribution in [0.4, 0.5) is 11.8 Å². The number of hydrogen-bond acceptors (Lipinski definition) is 7. The van der Waals surface area contributed by atoms with Crippen molar-refractivity contribution in [2.45, 2.75) is 18.8 Å². The lowest BCUT2D eigenvalue weighted by molar-refractivity contribution is 0.0705. The second-order valence-corrected chi connectivity index (χ2v) is 6.35. The Bertz CT molecular complexity index is 904. The van der Waals surface area contributed by atoms with Gasteiger partial charge in [0.2, 0.25) is 5.95 Å². The molecule has 1 amide bonds. The predicted molar refractivity (Wildman–Crippen MR) is 99.5 cm³/mol. The van der Waals surface area contributed by atoms with E-state index in [-0.39, 0.29) is 11.8 Å². The second kappa shape index (κ2) is 7.86. The van der Waals surface area contributed by atoms with Crippen molar-refractivity contribution in [3.63, 3.8) is 0 Å². The number of hydrogen-bond donors (Lipinski definition) is 1. The highest BCUT2D eigenvalue weighted by molar-refractivity contribution is 5.94. The molecule has 8 nitrogen and oxygen atoms in total. The number of rotatable bonds is 4. The van der Waals surface area contributed by atoms with E-state index in [2.05, 4.69) is 30.2 Å². The number of carbonyl (C=O) groups is 1. The number of likely N-dealkylation sites (tertiary alicyclic amines) is 1. The van der Waals surface area contributed by atoms with Gasteiger partial charge in [-0.2, -0.15) is 0 Å². The van der Waals surface area contributed by atoms with E-state index in [1.807, 2.05) is 11.0 Å². The molecule has 3 aromatic rings. The minimum atomic E-state index is 0.0137. The van der Waals surface area contributed by atoms with Gasteiger partial charge in [-0.05, 0) is 31.0 Å². The van der Waals surface area contributed by atoms with Crippen molar-refractivity contribution >= 4 is 17.7 Å². The van der Waals surface area contributed by atoms with E-state index < -0.39 is 0 Å². The summed E-state index contributed by atoms with van der Waals surface area (Å²) in [5.41, 5.74) is 1.53. The van der Waals surface area contributed by atoms with Crippen LogP contribution in [0.25, 0.3) is 0 Å². The van der Waals surface area contributed by atoms with E-state index in [9.17, 15) is 4.79 Å². The summed E-state index contributed by atoms with van der Waals surface area (Å²) in [6.45, 7) is 1.38. The highest BCUT2D eigenvalue weighted by Gasteiger charge is 2.26. The highest BCUT2D eigenvalue weighted by atomic mass is 16.2. The Morgan fingerprint density at radius 1 is 1.07 bits per heavy atom. The molecule has 1 N–H and O–H groups in total. The van der Waals surface area contributed by atoms with Crippen LogP contribution in [-0.4, -0.2) is 48.8 Å². The van der Waals surface area contributed by atoms with E-state index >= 15 is 0 Å². The van der Waals surface area contributed by atoms with Crippen molar-refractivity contribution < 1.29 is 4.79 Å². The van der Waals surface area contributed by atoms with Crippen LogP contribution in [0.5, 0.6) is 0 Å². The first-order valence-corrected chi connectivity index (χ1v) is 8.85. The number of aromatic nitrogens is 5. The molecule has 1 atom stereocenters. The summed E-state index contributed by atoms with van der Waals surface area (Å²) in [4.78, 5) is 35.7. The maximum absolute atomic E-state index is 12.7. The Kier molecular flexibility index (Phi) is 4.95. The molecule has 0 saturated carbocycles. The molecular formula is C19H19N7O. The summed E-state index contributed by atoms with van der Waals surface area (Å²) in [6, 6.07) is 5.49. The van der Waals surface area contributed by atoms with E-state index in [0.29, 0.717) is 23.9 Å². The molecule has 0 spiro atoms. The van der Waals surface area contributed by atoms with Crippen molar-refractivity contribution in [2.75, 3.05) is 18.4 Å². The van der Waals surface area contributed by atoms with Crippen molar-refractivity contribution in [1.29, 1.82) is 0 Å². The molecule has 1 aliphatic heterocycles. The van der Waals surface area contributed by atoms with Crippen LogP contribution in [0.15, 0.2) is 55.4 Å². The monoisotopic (exact) mass is 361 g/mol. The van der Waals surface area contributed by atoms with Crippen LogP contribution < -0.4 is 5.32 Å². The third-order valence-electron chi connectivity index (χ3n) is 4.52. The average Bonchev–Trinajstić information content (AvgIpc) is 2.75. The summed E-state index contributed by atoms with van der Waals surface area (Å²) >= 11 is 0. The van der Waals surface area contributed by atoms with Crippen molar-refractivity contribution in [3.8, 4) is 0 Å². The summed E-state index contributed by atoms with van der Waals surface area (Å²) in [6.07, 6.45) is 11.8. The van der Waals surface area contributed by atoms with Gasteiger partial charge in [0.15, 0.2) is 5.82 Å². The first-order valence-electron chi connectivity index (χ1n) is 8.85. The molecular weight excluding hydrogens is 342 g/mol. The smallest absolute Gasteiger partial charge is 0.255 e. The lowest BCUT2D eigenvalue weighted by atomic mass is 9.94. The average molecular weight is 361 g/mol. The van der Waals surface area contributed by atoms with E-state index in [1.165, 1.54) is 0 Å². The molecule has 1 saturated heterocycles. The minimum absolute atomic E-state index is 0.0137. The number of nitrogens with zero attached hydrogens (tertiary/aromatic N) is 6. The van der Waals surface area contributed by atoms with Gasteiger partial charge in [0.05, 0.1) is 17.5 Å². The number of nitrogens with one attached hydrogen (secondary N) is 1. The van der Waals surface area contributed by atoms with Crippen molar-refractivity contribution in [1.82, 2.24) is 29.8 Å². The SMILES string of the molecule is O=C(c1cccnc1)N1CCCC(c2ccnc(Nc3cnccn3)n2)C1. The summed E-state index contributed by atoms with van der Waals surface area (Å²) in [7, 11) is 0. The quantitative estimate of drug-likeness (QED) is 0.762. The van der Waals surface area contributed by atoms with Crippen LogP contribution in [0.2, 0.25) is 0 Å². The number of piperidine rings is 1. The molecule has 8 heteroatoms. The van der Waals surface area contributed by atoms with E-state index in [4.69, 9.17) is 0 Å². The number of pyridine rings is 1. The second-order valence-electron chi connectivity index (χ2n) is 6.35. The van der Waals surface area contributed by atoms with Gasteiger partial charge < -0.3 is 10.2 Å². The molecule has 27 heavy (non-hydrogen) atoms. The zero-order valence-electron chi connectivity index (χ0n) is 14.7. The summed E-state index contributed by atoms with van der Waals surface area (Å²) in [5, 5.41) is 3.06. The lowest BCUT2D eigenvalue weighted by Gasteiger charge is -2.32. The highest BCUT2D eigenvalue weighted by Crippen LogP contribution is 2.27. The lowest BCUT2D eigenvalue weighted by Crippen LogP contribution is -2.39. The van der Waals surface area contributed by atoms with Gasteiger partial charge in [0.25, 0.3) is 5.91 Å². The Labute approximate surface area is 156 Å². The minimum Gasteiger partial charge on any atom is -0.338 e. The molecule has 0 aromatic carbocycles. The molecule has 3 aromatic heterocycles. The maximum Gasteiger partial charge on any atom is 0.255 e. The van der Waals surface area contributed by atoms with Crippen LogP contribution in [-0.2, 0) is 0 Å². The fourth-order valence-corrected chi connectivity index (χ4v) is 3.21. The van der Waals surface area contributed by atoms with Crippen molar-refractivity contribution in [2.24, 2.45) is 0 Å². The number of anilines is 2. The largest absolute Gasteiger partial charge is 0.338 e. The topological polar surface area (TPSA) is 96.8 Å². The van der Waals surface area contributed by atoms with Crippen LogP contribution in [0.1, 0.15) is 34.8 Å². The van der Waals surface area contributed by atoms with Gasteiger partial charge in [-0.1, -0.05) is 0 Å². The predicted octanol–water partition coefficient (Wildman–Crippen LogP) is 2.42. The summed E-state index contributed by atoms with van der Waals surface area (Å²) in [5.74, 6) is 1.25. The maximum atomic E-state index is 12.7. The molecule has 1 aliphatic rings. The first kappa shape index (κ1) is 17.0. The van der Waals surface area contributed by atoms with E-state index in [1.54, 1.807) is 49.3 Å². The molecule has 0 radical (unpaired) electrons. The van der Waals surface area contributed by atoms with Gasteiger partial charge in [-0.15, -0.1) is 0 Å². The summed E-state index contributed by atoms with van der Waals surface area (Å²) < 4.78 is 0. The molecule has 0 bridgehead atoms. The normalized spacial score (nSPS) is 16.7. The Morgan fingerprint density at radius 3 is 2.81 bits per heavy atom. The van der Waals surface area contributed by atoms with Crippen LogP contribution >= 0.6 is 0 Å². The van der Waals surface area contributed by atoms with Gasteiger partial charge in [-0.3, -0.25) is 14.8 Å². The Balaban J connectivity index is 1.48. The first-order chi connectivity index (χ1) is 13.3. The van der Waals surface area contributed by atoms with Crippen molar-refractivity contribution in [3.05, 3.63) is 66.6 Å². The molecule has 1 fully saturated rings. The van der Waals surface area contributed by atoms with Gasteiger partial charge in [-0.25, -0.2) is 15.0 Å². The Morgan fingerprint density at radius 2 is 2.00 bits per heavy atom. The molecule has 0 aliphatic carbocycles. The number of amides is 1. The van der Waals surface area contributed by atoms with E-state index in [0.717, 1.165) is 25.1 Å².